The van der Waals surface area contributed by atoms with Crippen molar-refractivity contribution in [3.63, 3.8) is 0 Å². The van der Waals surface area contributed by atoms with E-state index in [0.717, 1.165) is 25.9 Å². The van der Waals surface area contributed by atoms with Crippen molar-refractivity contribution in [3.05, 3.63) is 41.5 Å². The molecule has 2 N–H and O–H groups in total. The molecule has 94 valence electrons. The molecule has 0 spiro atoms. The average molecular weight is 233 g/mol. The van der Waals surface area contributed by atoms with E-state index in [9.17, 15) is 5.11 Å². The summed E-state index contributed by atoms with van der Waals surface area (Å²) in [4.78, 5) is 0. The van der Waals surface area contributed by atoms with Gasteiger partial charge in [-0.2, -0.15) is 0 Å². The first kappa shape index (κ1) is 13.8. The van der Waals surface area contributed by atoms with Gasteiger partial charge in [0.15, 0.2) is 0 Å². The first-order valence-electron chi connectivity index (χ1n) is 6.36. The predicted molar refractivity (Wildman–Crippen MR) is 73.3 cm³/mol. The largest absolute Gasteiger partial charge is 0.508 e. The van der Waals surface area contributed by atoms with Crippen LogP contribution in [0.15, 0.2) is 35.9 Å². The molecule has 2 heteroatoms. The monoisotopic (exact) mass is 233 g/mol. The fraction of sp³-hybridized carbons (Fsp3) is 0.467. The van der Waals surface area contributed by atoms with E-state index in [1.165, 1.54) is 17.6 Å². The van der Waals surface area contributed by atoms with Crippen molar-refractivity contribution in [1.29, 1.82) is 0 Å². The van der Waals surface area contributed by atoms with Gasteiger partial charge < -0.3 is 10.4 Å². The highest BCUT2D eigenvalue weighted by atomic mass is 16.3. The van der Waals surface area contributed by atoms with Gasteiger partial charge >= 0.3 is 0 Å². The molecular weight excluding hydrogens is 210 g/mol. The third-order valence-electron chi connectivity index (χ3n) is 2.63. The number of rotatable bonds is 7. The second-order valence-electron chi connectivity index (χ2n) is 4.44. The number of allylic oxidation sites excluding steroid dienone is 1. The van der Waals surface area contributed by atoms with Gasteiger partial charge in [0.1, 0.15) is 5.75 Å². The van der Waals surface area contributed by atoms with Crippen LogP contribution in [0.25, 0.3) is 0 Å². The lowest BCUT2D eigenvalue weighted by atomic mass is 10.1. The highest BCUT2D eigenvalue weighted by molar-refractivity contribution is 5.29. The Balaban J connectivity index is 2.33. The molecule has 0 heterocycles. The molecule has 0 unspecified atom stereocenters. The number of benzene rings is 1. The molecule has 1 aromatic carbocycles. The van der Waals surface area contributed by atoms with E-state index < -0.39 is 0 Å². The molecule has 0 radical (unpaired) electrons. The Kier molecular flexibility index (Phi) is 6.41. The van der Waals surface area contributed by atoms with Crippen molar-refractivity contribution in [3.8, 4) is 5.75 Å². The molecule has 0 aromatic heterocycles. The van der Waals surface area contributed by atoms with Crippen LogP contribution < -0.4 is 5.32 Å². The number of hydrogen-bond acceptors (Lipinski definition) is 2. The lowest BCUT2D eigenvalue weighted by molar-refractivity contribution is 0.474. The van der Waals surface area contributed by atoms with Crippen molar-refractivity contribution in [2.24, 2.45) is 0 Å². The summed E-state index contributed by atoms with van der Waals surface area (Å²) in [6.07, 6.45) is 5.45. The Morgan fingerprint density at radius 1 is 1.35 bits per heavy atom. The summed E-state index contributed by atoms with van der Waals surface area (Å²) in [5.74, 6) is 0.347. The quantitative estimate of drug-likeness (QED) is 0.559. The summed E-state index contributed by atoms with van der Waals surface area (Å²) in [5.41, 5.74) is 2.52. The molecule has 0 amide bonds. The number of aromatic hydroxyl groups is 1. The normalized spacial score (nSPS) is 11.8. The predicted octanol–water partition coefficient (Wildman–Crippen LogP) is 3.27. The second kappa shape index (κ2) is 7.91. The third-order valence-corrected chi connectivity index (χ3v) is 2.63. The minimum Gasteiger partial charge on any atom is -0.508 e. The van der Waals surface area contributed by atoms with Crippen LogP contribution in [-0.2, 0) is 6.42 Å². The fourth-order valence-electron chi connectivity index (χ4n) is 1.78. The molecular formula is C15H23NO. The summed E-state index contributed by atoms with van der Waals surface area (Å²) in [6.45, 7) is 6.46. The van der Waals surface area contributed by atoms with E-state index in [2.05, 4.69) is 25.2 Å². The van der Waals surface area contributed by atoms with Gasteiger partial charge in [-0.15, -0.1) is 0 Å². The van der Waals surface area contributed by atoms with E-state index in [-0.39, 0.29) is 0 Å². The molecule has 0 fully saturated rings. The molecule has 0 aliphatic heterocycles. The topological polar surface area (TPSA) is 32.3 Å². The molecule has 0 bridgehead atoms. The van der Waals surface area contributed by atoms with Gasteiger partial charge in [-0.3, -0.25) is 0 Å². The molecule has 17 heavy (non-hydrogen) atoms. The van der Waals surface area contributed by atoms with E-state index in [0.29, 0.717) is 5.75 Å². The van der Waals surface area contributed by atoms with Gasteiger partial charge in [-0.05, 0) is 57.0 Å². The minimum atomic E-state index is 0.347. The summed E-state index contributed by atoms with van der Waals surface area (Å²) in [6, 6.07) is 7.47. The summed E-state index contributed by atoms with van der Waals surface area (Å²) in [7, 11) is 0. The Bertz CT molecular complexity index is 358. The SMILES string of the molecule is CCCNCCC=C(C)Cc1cccc(O)c1. The molecule has 2 nitrogen and oxygen atoms in total. The maximum atomic E-state index is 9.37. The van der Waals surface area contributed by atoms with E-state index >= 15 is 0 Å². The van der Waals surface area contributed by atoms with E-state index in [4.69, 9.17) is 0 Å². The molecule has 0 aliphatic carbocycles. The third kappa shape index (κ3) is 6.12. The van der Waals surface area contributed by atoms with Gasteiger partial charge in [-0.1, -0.05) is 30.7 Å². The summed E-state index contributed by atoms with van der Waals surface area (Å²) in [5, 5.41) is 12.7. The lowest BCUT2D eigenvalue weighted by Gasteiger charge is -2.04. The lowest BCUT2D eigenvalue weighted by Crippen LogP contribution is -2.15. The number of hydrogen-bond donors (Lipinski definition) is 2. The Hall–Kier alpha value is -1.28. The number of nitrogens with one attached hydrogen (secondary N) is 1. The van der Waals surface area contributed by atoms with Crippen molar-refractivity contribution in [2.45, 2.75) is 33.1 Å². The standard InChI is InChI=1S/C15H23NO/c1-3-9-16-10-5-6-13(2)11-14-7-4-8-15(17)12-14/h4,6-8,12,16-17H,3,5,9-11H2,1-2H3. The van der Waals surface area contributed by atoms with Gasteiger partial charge in [0.2, 0.25) is 0 Å². The van der Waals surface area contributed by atoms with Crippen LogP contribution in [0, 0.1) is 0 Å². The molecule has 0 aliphatic rings. The molecule has 1 rings (SSSR count). The smallest absolute Gasteiger partial charge is 0.115 e. The van der Waals surface area contributed by atoms with Crippen molar-refractivity contribution >= 4 is 0 Å². The Morgan fingerprint density at radius 3 is 2.88 bits per heavy atom. The fourth-order valence-corrected chi connectivity index (χ4v) is 1.78. The minimum absolute atomic E-state index is 0.347. The first-order chi connectivity index (χ1) is 8.22. The van der Waals surface area contributed by atoms with Crippen LogP contribution in [0.1, 0.15) is 32.3 Å². The van der Waals surface area contributed by atoms with Crippen LogP contribution in [0.4, 0.5) is 0 Å². The van der Waals surface area contributed by atoms with Crippen LogP contribution in [0.5, 0.6) is 5.75 Å². The van der Waals surface area contributed by atoms with Crippen LogP contribution in [0.2, 0.25) is 0 Å². The van der Waals surface area contributed by atoms with Crippen LogP contribution in [-0.4, -0.2) is 18.2 Å². The Labute approximate surface area is 104 Å². The second-order valence-corrected chi connectivity index (χ2v) is 4.44. The first-order valence-corrected chi connectivity index (χ1v) is 6.36. The highest BCUT2D eigenvalue weighted by Crippen LogP contribution is 2.14. The number of phenolic OH excluding ortho intramolecular Hbond substituents is 1. The number of phenols is 1. The zero-order valence-corrected chi connectivity index (χ0v) is 10.9. The van der Waals surface area contributed by atoms with Gasteiger partial charge in [0, 0.05) is 0 Å². The van der Waals surface area contributed by atoms with Crippen LogP contribution in [0.3, 0.4) is 0 Å². The molecule has 1 aromatic rings. The molecule has 0 saturated heterocycles. The van der Waals surface area contributed by atoms with Gasteiger partial charge in [0.05, 0.1) is 0 Å². The van der Waals surface area contributed by atoms with Gasteiger partial charge in [0.25, 0.3) is 0 Å². The maximum Gasteiger partial charge on any atom is 0.115 e. The van der Waals surface area contributed by atoms with E-state index in [1.807, 2.05) is 18.2 Å². The zero-order valence-electron chi connectivity index (χ0n) is 10.9. The molecule has 0 atom stereocenters. The van der Waals surface area contributed by atoms with Crippen molar-refractivity contribution in [2.75, 3.05) is 13.1 Å². The Morgan fingerprint density at radius 2 is 2.18 bits per heavy atom. The van der Waals surface area contributed by atoms with Gasteiger partial charge in [-0.25, -0.2) is 0 Å². The van der Waals surface area contributed by atoms with E-state index in [1.54, 1.807) is 6.07 Å². The summed E-state index contributed by atoms with van der Waals surface area (Å²) >= 11 is 0. The van der Waals surface area contributed by atoms with Crippen LogP contribution >= 0.6 is 0 Å². The van der Waals surface area contributed by atoms with Crippen molar-refractivity contribution < 1.29 is 5.11 Å². The highest BCUT2D eigenvalue weighted by Gasteiger charge is 1.96. The maximum absolute atomic E-state index is 9.37. The van der Waals surface area contributed by atoms with Crippen molar-refractivity contribution in [1.82, 2.24) is 5.32 Å². The average Bonchev–Trinajstić information content (AvgIpc) is 2.29. The summed E-state index contributed by atoms with van der Waals surface area (Å²) < 4.78 is 0. The zero-order chi connectivity index (χ0) is 12.5. The molecule has 0 saturated carbocycles.